The molecule has 41 heavy (non-hydrogen) atoms. The second-order valence-corrected chi connectivity index (χ2v) is 8.94. The van der Waals surface area contributed by atoms with Gasteiger partial charge in [0.05, 0.1) is 5.56 Å². The average Bonchev–Trinajstić information content (AvgIpc) is 3.42. The molecule has 4 aromatic carbocycles. The number of alkyl halides is 3. The van der Waals surface area contributed by atoms with Crippen LogP contribution in [0.15, 0.2) is 108 Å². The molecule has 206 valence electrons. The smallest absolute Gasteiger partial charge is 0.416 e. The average molecular weight is 560 g/mol. The van der Waals surface area contributed by atoms with E-state index < -0.39 is 29.4 Å². The van der Waals surface area contributed by atoms with Crippen LogP contribution in [0.2, 0.25) is 0 Å². The van der Waals surface area contributed by atoms with E-state index in [1.165, 1.54) is 36.4 Å². The van der Waals surface area contributed by atoms with Crippen molar-refractivity contribution in [1.29, 1.82) is 0 Å². The fourth-order valence-electron chi connectivity index (χ4n) is 4.12. The van der Waals surface area contributed by atoms with Gasteiger partial charge >= 0.3 is 6.18 Å². The third-order valence-corrected chi connectivity index (χ3v) is 6.12. The third-order valence-electron chi connectivity index (χ3n) is 6.12. The Labute approximate surface area is 231 Å². The van der Waals surface area contributed by atoms with E-state index in [0.717, 1.165) is 12.1 Å². The molecule has 6 nitrogen and oxygen atoms in total. The number of carbonyl (C=O) groups excluding carboxylic acids is 2. The monoisotopic (exact) mass is 559 g/mol. The van der Waals surface area contributed by atoms with Crippen molar-refractivity contribution < 1.29 is 31.6 Å². The lowest BCUT2D eigenvalue weighted by Crippen LogP contribution is -2.25. The highest BCUT2D eigenvalue weighted by molar-refractivity contribution is 6.04. The fraction of sp³-hybridized carbons (Fsp3) is 0.0645. The van der Waals surface area contributed by atoms with Crippen LogP contribution in [0.1, 0.15) is 32.0 Å². The molecule has 2 amide bonds. The summed E-state index contributed by atoms with van der Waals surface area (Å²) < 4.78 is 59.7. The quantitative estimate of drug-likeness (QED) is 0.204. The molecule has 0 bridgehead atoms. The minimum Gasteiger partial charge on any atom is -0.435 e. The van der Waals surface area contributed by atoms with Crippen LogP contribution in [0, 0.1) is 5.82 Å². The van der Waals surface area contributed by atoms with Crippen molar-refractivity contribution in [2.24, 2.45) is 0 Å². The number of hydrogen-bond acceptors (Lipinski definition) is 4. The van der Waals surface area contributed by atoms with Gasteiger partial charge in [0.15, 0.2) is 11.5 Å². The van der Waals surface area contributed by atoms with Crippen molar-refractivity contribution in [3.05, 3.63) is 131 Å². The van der Waals surface area contributed by atoms with E-state index in [4.69, 9.17) is 4.42 Å². The van der Waals surface area contributed by atoms with E-state index in [0.29, 0.717) is 16.8 Å². The Morgan fingerprint density at radius 3 is 2.20 bits per heavy atom. The maximum Gasteiger partial charge on any atom is 0.416 e. The molecular weight excluding hydrogens is 538 g/mol. The van der Waals surface area contributed by atoms with Crippen molar-refractivity contribution in [3.8, 4) is 22.8 Å². The number of carbonyl (C=O) groups is 2. The minimum atomic E-state index is -4.58. The topological polar surface area (TPSA) is 84.2 Å². The predicted molar refractivity (Wildman–Crippen MR) is 144 cm³/mol. The number of rotatable bonds is 7. The summed E-state index contributed by atoms with van der Waals surface area (Å²) in [4.78, 5) is 30.0. The summed E-state index contributed by atoms with van der Waals surface area (Å²) in [5, 5.41) is 5.18. The van der Waals surface area contributed by atoms with Crippen molar-refractivity contribution in [2.45, 2.75) is 12.7 Å². The molecule has 1 aromatic heterocycles. The highest BCUT2D eigenvalue weighted by atomic mass is 19.4. The molecule has 5 rings (SSSR count). The molecule has 0 fully saturated rings. The van der Waals surface area contributed by atoms with Gasteiger partial charge in [0.2, 0.25) is 5.89 Å². The summed E-state index contributed by atoms with van der Waals surface area (Å²) in [6, 6.07) is 25.4. The Bertz CT molecular complexity index is 1700. The molecule has 0 spiro atoms. The zero-order valence-electron chi connectivity index (χ0n) is 21.2. The fourth-order valence-corrected chi connectivity index (χ4v) is 4.12. The van der Waals surface area contributed by atoms with E-state index in [9.17, 15) is 27.2 Å². The number of nitrogens with one attached hydrogen (secondary N) is 2. The van der Waals surface area contributed by atoms with Crippen LogP contribution in [0.3, 0.4) is 0 Å². The summed E-state index contributed by atoms with van der Waals surface area (Å²) in [6.07, 6.45) is -4.58. The van der Waals surface area contributed by atoms with Gasteiger partial charge in [0.25, 0.3) is 11.8 Å². The van der Waals surface area contributed by atoms with Crippen LogP contribution >= 0.6 is 0 Å². The molecule has 0 saturated heterocycles. The van der Waals surface area contributed by atoms with E-state index in [-0.39, 0.29) is 35.0 Å². The normalized spacial score (nSPS) is 11.2. The van der Waals surface area contributed by atoms with E-state index in [1.54, 1.807) is 54.6 Å². The van der Waals surface area contributed by atoms with Crippen LogP contribution < -0.4 is 10.6 Å². The second kappa shape index (κ2) is 11.5. The van der Waals surface area contributed by atoms with Gasteiger partial charge < -0.3 is 15.1 Å². The van der Waals surface area contributed by atoms with Crippen LogP contribution in [0.5, 0.6) is 0 Å². The molecule has 0 radical (unpaired) electrons. The number of oxazole rings is 1. The van der Waals surface area contributed by atoms with E-state index >= 15 is 0 Å². The molecule has 1 heterocycles. The second-order valence-electron chi connectivity index (χ2n) is 8.94. The number of amides is 2. The third kappa shape index (κ3) is 6.33. The number of anilines is 1. The molecule has 10 heteroatoms. The number of halogens is 4. The van der Waals surface area contributed by atoms with Gasteiger partial charge in [-0.05, 0) is 66.2 Å². The summed E-state index contributed by atoms with van der Waals surface area (Å²) in [5.74, 6) is -1.55. The van der Waals surface area contributed by atoms with Gasteiger partial charge in [0, 0.05) is 28.9 Å². The Morgan fingerprint density at radius 2 is 1.49 bits per heavy atom. The van der Waals surface area contributed by atoms with Crippen molar-refractivity contribution >= 4 is 17.5 Å². The van der Waals surface area contributed by atoms with Crippen molar-refractivity contribution in [1.82, 2.24) is 10.3 Å². The van der Waals surface area contributed by atoms with Gasteiger partial charge in [-0.25, -0.2) is 9.37 Å². The summed E-state index contributed by atoms with van der Waals surface area (Å²) in [7, 11) is 0. The SMILES string of the molecule is O=C(Nc1ccc(-c2oc(-c3ccccc3)nc2C(=O)NCc2ccccc2C(F)(F)F)cc1)c1cccc(F)c1. The predicted octanol–water partition coefficient (Wildman–Crippen LogP) is 7.35. The zero-order chi connectivity index (χ0) is 29.0. The van der Waals surface area contributed by atoms with Crippen LogP contribution in [-0.2, 0) is 12.7 Å². The van der Waals surface area contributed by atoms with Crippen LogP contribution in [0.4, 0.5) is 23.2 Å². The first-order chi connectivity index (χ1) is 19.7. The summed E-state index contributed by atoms with van der Waals surface area (Å²) in [6.45, 7) is -0.382. The lowest BCUT2D eigenvalue weighted by Gasteiger charge is -2.13. The van der Waals surface area contributed by atoms with Gasteiger partial charge in [-0.1, -0.05) is 42.5 Å². The maximum absolute atomic E-state index is 13.5. The number of aromatic nitrogens is 1. The standard InChI is InChI=1S/C31H21F4N3O3/c32-23-11-6-10-21(17-23)28(39)37-24-15-13-19(14-16-24)27-26(38-30(41-27)20-7-2-1-3-8-20)29(40)36-18-22-9-4-5-12-25(22)31(33,34)35/h1-17H,18H2,(H,36,40)(H,37,39). The molecule has 0 unspecified atom stereocenters. The lowest BCUT2D eigenvalue weighted by molar-refractivity contribution is -0.138. The van der Waals surface area contributed by atoms with E-state index in [2.05, 4.69) is 15.6 Å². The van der Waals surface area contributed by atoms with Gasteiger partial charge in [-0.15, -0.1) is 0 Å². The molecule has 2 N–H and O–H groups in total. The first-order valence-electron chi connectivity index (χ1n) is 12.4. The molecule has 0 aliphatic rings. The molecular formula is C31H21F4N3O3. The molecule has 0 saturated carbocycles. The Hall–Kier alpha value is -5.25. The van der Waals surface area contributed by atoms with Gasteiger partial charge in [0.1, 0.15) is 5.82 Å². The van der Waals surface area contributed by atoms with Gasteiger partial charge in [-0.3, -0.25) is 9.59 Å². The summed E-state index contributed by atoms with van der Waals surface area (Å²) >= 11 is 0. The number of hydrogen-bond donors (Lipinski definition) is 2. The lowest BCUT2D eigenvalue weighted by atomic mass is 10.1. The minimum absolute atomic E-state index is 0.0912. The molecule has 0 atom stereocenters. The molecule has 0 aliphatic heterocycles. The zero-order valence-corrected chi connectivity index (χ0v) is 21.2. The number of nitrogens with zero attached hydrogens (tertiary/aromatic N) is 1. The maximum atomic E-state index is 13.5. The largest absolute Gasteiger partial charge is 0.435 e. The van der Waals surface area contributed by atoms with E-state index in [1.807, 2.05) is 0 Å². The summed E-state index contributed by atoms with van der Waals surface area (Å²) in [5.41, 5.74) is 0.508. The Kier molecular flexibility index (Phi) is 7.64. The van der Waals surface area contributed by atoms with Gasteiger partial charge in [-0.2, -0.15) is 13.2 Å². The molecule has 5 aromatic rings. The Morgan fingerprint density at radius 1 is 0.780 bits per heavy atom. The van der Waals surface area contributed by atoms with Crippen molar-refractivity contribution in [2.75, 3.05) is 5.32 Å². The highest BCUT2D eigenvalue weighted by Crippen LogP contribution is 2.33. The van der Waals surface area contributed by atoms with Crippen molar-refractivity contribution in [3.63, 3.8) is 0 Å². The first-order valence-corrected chi connectivity index (χ1v) is 12.4. The molecule has 0 aliphatic carbocycles. The highest BCUT2D eigenvalue weighted by Gasteiger charge is 2.33. The first kappa shape index (κ1) is 27.3. The Balaban J connectivity index is 1.42. The van der Waals surface area contributed by atoms with Crippen LogP contribution in [0.25, 0.3) is 22.8 Å². The number of benzene rings is 4. The van der Waals surface area contributed by atoms with Crippen LogP contribution in [-0.4, -0.2) is 16.8 Å².